The van der Waals surface area contributed by atoms with Crippen molar-refractivity contribution in [3.8, 4) is 0 Å². The Kier molecular flexibility index (Phi) is 8.23. The molecule has 1 aromatic carbocycles. The first-order valence-corrected chi connectivity index (χ1v) is 11.4. The number of hydrogen-bond donors (Lipinski definition) is 1. The number of nitrogens with one attached hydrogen (secondary N) is 1. The molecule has 2 rings (SSSR count). The normalized spacial score (nSPS) is 17.6. The lowest BCUT2D eigenvalue weighted by atomic mass is 9.95. The Hall–Kier alpha value is -1.47. The fraction of sp³-hybridized carbons (Fsp3) is 0.650. The summed E-state index contributed by atoms with van der Waals surface area (Å²) in [5.74, 6) is -0.417. The van der Waals surface area contributed by atoms with Crippen molar-refractivity contribution in [2.75, 3.05) is 19.6 Å². The molecule has 1 aromatic rings. The average Bonchev–Trinajstić information content (AvgIpc) is 2.68. The Morgan fingerprint density at radius 3 is 2.52 bits per heavy atom. The Bertz CT molecular complexity index is 716. The van der Waals surface area contributed by atoms with Crippen LogP contribution in [0.5, 0.6) is 0 Å². The Balaban J connectivity index is 1.87. The first-order valence-electron chi connectivity index (χ1n) is 9.92. The van der Waals surface area contributed by atoms with Gasteiger partial charge in [-0.25, -0.2) is 12.8 Å². The largest absolute Gasteiger partial charge is 0.356 e. The Morgan fingerprint density at radius 1 is 1.26 bits per heavy atom. The highest BCUT2D eigenvalue weighted by molar-refractivity contribution is 7.89. The summed E-state index contributed by atoms with van der Waals surface area (Å²) in [7, 11) is -3.86. The second kappa shape index (κ2) is 10.2. The van der Waals surface area contributed by atoms with Crippen LogP contribution in [0.25, 0.3) is 0 Å². The number of unbranched alkanes of at least 4 members (excludes halogenated alkanes) is 1. The molecular formula is C20H31FN2O3S. The molecule has 1 amide bonds. The first-order chi connectivity index (χ1) is 12.9. The zero-order valence-electron chi connectivity index (χ0n) is 16.3. The van der Waals surface area contributed by atoms with Gasteiger partial charge in [0, 0.05) is 25.6 Å². The zero-order valence-corrected chi connectivity index (χ0v) is 17.1. The van der Waals surface area contributed by atoms with Gasteiger partial charge in [0.2, 0.25) is 15.9 Å². The fourth-order valence-electron chi connectivity index (χ4n) is 3.48. The molecule has 0 saturated carbocycles. The fourth-order valence-corrected chi connectivity index (χ4v) is 5.02. The molecule has 1 N–H and O–H groups in total. The summed E-state index contributed by atoms with van der Waals surface area (Å²) in [5.41, 5.74) is 0. The predicted molar refractivity (Wildman–Crippen MR) is 104 cm³/mol. The van der Waals surface area contributed by atoms with Gasteiger partial charge < -0.3 is 5.32 Å². The molecule has 5 nitrogen and oxygen atoms in total. The maximum atomic E-state index is 13.9. The average molecular weight is 399 g/mol. The van der Waals surface area contributed by atoms with Crippen LogP contribution in [0.15, 0.2) is 29.2 Å². The Morgan fingerprint density at radius 2 is 1.93 bits per heavy atom. The van der Waals surface area contributed by atoms with E-state index in [1.54, 1.807) is 0 Å². The molecule has 7 heteroatoms. The van der Waals surface area contributed by atoms with Crippen molar-refractivity contribution in [1.82, 2.24) is 9.62 Å². The third kappa shape index (κ3) is 5.75. The van der Waals surface area contributed by atoms with Crippen molar-refractivity contribution in [2.24, 2.45) is 11.8 Å². The molecule has 1 fully saturated rings. The standard InChI is InChI=1S/C20H31FN2O3S/c1-3-5-8-16(4-2)15-22-20(24)17-11-13-23(14-12-17)27(25,26)19-10-7-6-9-18(19)21/h6-7,9-10,16-17H,3-5,8,11-15H2,1-2H3,(H,22,24). The molecule has 1 aliphatic heterocycles. The van der Waals surface area contributed by atoms with E-state index >= 15 is 0 Å². The van der Waals surface area contributed by atoms with E-state index in [2.05, 4.69) is 19.2 Å². The number of sulfonamides is 1. The summed E-state index contributed by atoms with van der Waals surface area (Å²) < 4.78 is 40.4. The van der Waals surface area contributed by atoms with Crippen LogP contribution in [0, 0.1) is 17.7 Å². The van der Waals surface area contributed by atoms with Crippen molar-refractivity contribution < 1.29 is 17.6 Å². The molecule has 0 aromatic heterocycles. The van der Waals surface area contributed by atoms with Gasteiger partial charge in [0.1, 0.15) is 10.7 Å². The van der Waals surface area contributed by atoms with Crippen LogP contribution in [0.2, 0.25) is 0 Å². The number of benzene rings is 1. The smallest absolute Gasteiger partial charge is 0.245 e. The van der Waals surface area contributed by atoms with Crippen molar-refractivity contribution in [3.05, 3.63) is 30.1 Å². The molecule has 1 unspecified atom stereocenters. The van der Waals surface area contributed by atoms with E-state index in [1.165, 1.54) is 28.9 Å². The van der Waals surface area contributed by atoms with E-state index in [0.29, 0.717) is 25.3 Å². The number of piperidine rings is 1. The molecule has 1 aliphatic rings. The van der Waals surface area contributed by atoms with E-state index in [4.69, 9.17) is 0 Å². The highest BCUT2D eigenvalue weighted by Gasteiger charge is 2.33. The highest BCUT2D eigenvalue weighted by Crippen LogP contribution is 2.25. The number of halogens is 1. The zero-order chi connectivity index (χ0) is 19.9. The maximum absolute atomic E-state index is 13.9. The van der Waals surface area contributed by atoms with Gasteiger partial charge >= 0.3 is 0 Å². The van der Waals surface area contributed by atoms with Crippen LogP contribution < -0.4 is 5.32 Å². The second-order valence-electron chi connectivity index (χ2n) is 7.27. The molecule has 0 bridgehead atoms. The van der Waals surface area contributed by atoms with E-state index < -0.39 is 15.8 Å². The van der Waals surface area contributed by atoms with Gasteiger partial charge in [0.25, 0.3) is 0 Å². The van der Waals surface area contributed by atoms with E-state index in [0.717, 1.165) is 25.3 Å². The minimum absolute atomic E-state index is 0.00730. The lowest BCUT2D eigenvalue weighted by Crippen LogP contribution is -2.43. The summed E-state index contributed by atoms with van der Waals surface area (Å²) in [6.45, 7) is 5.46. The van der Waals surface area contributed by atoms with Crippen LogP contribution in [0.4, 0.5) is 4.39 Å². The number of rotatable bonds is 9. The Labute approximate surface area is 162 Å². The predicted octanol–water partition coefficient (Wildman–Crippen LogP) is 3.56. The second-order valence-corrected chi connectivity index (χ2v) is 9.18. The van der Waals surface area contributed by atoms with Crippen LogP contribution in [0.3, 0.4) is 0 Å². The van der Waals surface area contributed by atoms with E-state index in [1.807, 2.05) is 0 Å². The quantitative estimate of drug-likeness (QED) is 0.692. The molecule has 1 heterocycles. The summed E-state index contributed by atoms with van der Waals surface area (Å²) in [4.78, 5) is 12.1. The van der Waals surface area contributed by atoms with Crippen molar-refractivity contribution in [1.29, 1.82) is 0 Å². The van der Waals surface area contributed by atoms with Gasteiger partial charge in [-0.2, -0.15) is 4.31 Å². The van der Waals surface area contributed by atoms with Crippen LogP contribution in [0.1, 0.15) is 52.4 Å². The third-order valence-corrected chi connectivity index (χ3v) is 7.32. The molecule has 0 radical (unpaired) electrons. The monoisotopic (exact) mass is 398 g/mol. The molecule has 27 heavy (non-hydrogen) atoms. The van der Waals surface area contributed by atoms with Crippen LogP contribution >= 0.6 is 0 Å². The third-order valence-electron chi connectivity index (χ3n) is 5.39. The van der Waals surface area contributed by atoms with Crippen molar-refractivity contribution >= 4 is 15.9 Å². The number of hydrogen-bond acceptors (Lipinski definition) is 3. The maximum Gasteiger partial charge on any atom is 0.245 e. The summed E-state index contributed by atoms with van der Waals surface area (Å²) in [5, 5.41) is 3.04. The van der Waals surface area contributed by atoms with Crippen LogP contribution in [-0.2, 0) is 14.8 Å². The number of amides is 1. The van der Waals surface area contributed by atoms with Gasteiger partial charge in [0.05, 0.1) is 0 Å². The summed E-state index contributed by atoms with van der Waals surface area (Å²) in [6, 6.07) is 5.41. The van der Waals surface area contributed by atoms with Gasteiger partial charge in [-0.15, -0.1) is 0 Å². The topological polar surface area (TPSA) is 66.5 Å². The molecule has 0 spiro atoms. The SMILES string of the molecule is CCCCC(CC)CNC(=O)C1CCN(S(=O)(=O)c2ccccc2F)CC1. The molecule has 1 saturated heterocycles. The number of carbonyl (C=O) groups excluding carboxylic acids is 1. The number of carbonyl (C=O) groups is 1. The number of nitrogens with zero attached hydrogens (tertiary/aromatic N) is 1. The van der Waals surface area contributed by atoms with Gasteiger partial charge in [-0.05, 0) is 37.3 Å². The van der Waals surface area contributed by atoms with Gasteiger partial charge in [0.15, 0.2) is 0 Å². The van der Waals surface area contributed by atoms with Gasteiger partial charge in [-0.3, -0.25) is 4.79 Å². The van der Waals surface area contributed by atoms with Crippen molar-refractivity contribution in [3.63, 3.8) is 0 Å². The highest BCUT2D eigenvalue weighted by atomic mass is 32.2. The molecular weight excluding hydrogens is 367 g/mol. The molecule has 152 valence electrons. The van der Waals surface area contributed by atoms with Crippen LogP contribution in [-0.4, -0.2) is 38.3 Å². The molecule has 1 atom stereocenters. The summed E-state index contributed by atoms with van der Waals surface area (Å²) in [6.07, 6.45) is 5.41. The van der Waals surface area contributed by atoms with E-state index in [9.17, 15) is 17.6 Å². The lowest BCUT2D eigenvalue weighted by molar-refractivity contribution is -0.126. The summed E-state index contributed by atoms with van der Waals surface area (Å²) >= 11 is 0. The molecule has 0 aliphatic carbocycles. The first kappa shape index (κ1) is 21.8. The minimum atomic E-state index is -3.86. The van der Waals surface area contributed by atoms with Gasteiger partial charge in [-0.1, -0.05) is 45.2 Å². The lowest BCUT2D eigenvalue weighted by Gasteiger charge is -2.31. The van der Waals surface area contributed by atoms with Crippen molar-refractivity contribution in [2.45, 2.75) is 57.3 Å². The van der Waals surface area contributed by atoms with E-state index in [-0.39, 0.29) is 29.8 Å². The minimum Gasteiger partial charge on any atom is -0.356 e.